The van der Waals surface area contributed by atoms with Gasteiger partial charge in [0.2, 0.25) is 5.89 Å². The number of hydrogen-bond acceptors (Lipinski definition) is 7. The molecule has 4 aromatic rings. The highest BCUT2D eigenvalue weighted by Crippen LogP contribution is 2.36. The van der Waals surface area contributed by atoms with Gasteiger partial charge < -0.3 is 29.3 Å². The van der Waals surface area contributed by atoms with Gasteiger partial charge in [-0.15, -0.1) is 0 Å². The average molecular weight is 569 g/mol. The molecule has 0 radical (unpaired) electrons. The van der Waals surface area contributed by atoms with E-state index in [1.54, 1.807) is 4.90 Å². The second kappa shape index (κ2) is 10.4. The number of imidazole rings is 1. The summed E-state index contributed by atoms with van der Waals surface area (Å²) in [6.07, 6.45) is 0.222. The Labute approximate surface area is 245 Å². The predicted octanol–water partition coefficient (Wildman–Crippen LogP) is 5.51. The molecule has 0 spiro atoms. The Morgan fingerprint density at radius 2 is 1.69 bits per heavy atom. The van der Waals surface area contributed by atoms with Gasteiger partial charge >= 0.3 is 6.09 Å². The third-order valence-corrected chi connectivity index (χ3v) is 7.90. The van der Waals surface area contributed by atoms with Gasteiger partial charge in [-0.05, 0) is 69.0 Å². The summed E-state index contributed by atoms with van der Waals surface area (Å²) in [5, 5.41) is 6.33. The van der Waals surface area contributed by atoms with Gasteiger partial charge in [-0.3, -0.25) is 4.79 Å². The molecule has 0 aliphatic carbocycles. The monoisotopic (exact) mass is 568 g/mol. The van der Waals surface area contributed by atoms with Crippen molar-refractivity contribution in [3.8, 4) is 22.6 Å². The normalized spacial score (nSPS) is 14.5. The highest BCUT2D eigenvalue weighted by Gasteiger charge is 2.30. The van der Waals surface area contributed by atoms with Gasteiger partial charge in [0, 0.05) is 43.5 Å². The average Bonchev–Trinajstić information content (AvgIpc) is 3.63. The van der Waals surface area contributed by atoms with E-state index in [9.17, 15) is 9.59 Å². The van der Waals surface area contributed by atoms with E-state index in [0.29, 0.717) is 49.2 Å². The maximum Gasteiger partial charge on any atom is 0.410 e. The molecule has 0 saturated carbocycles. The zero-order valence-corrected chi connectivity index (χ0v) is 24.9. The number of ether oxygens (including phenoxy) is 1. The molecule has 218 valence electrons. The van der Waals surface area contributed by atoms with Crippen molar-refractivity contribution >= 4 is 17.7 Å². The molecule has 4 heterocycles. The van der Waals surface area contributed by atoms with E-state index < -0.39 is 5.60 Å². The Bertz CT molecular complexity index is 1690. The Morgan fingerprint density at radius 3 is 2.43 bits per heavy atom. The molecule has 2 amide bonds. The lowest BCUT2D eigenvalue weighted by atomic mass is 9.93. The number of nitrogens with zero attached hydrogens (tertiary/aromatic N) is 4. The number of amides is 2. The SMILES string of the molecule is Cc1c(NC(=O)c2nc3c(n2C)CCN(C(=O)OC(C)(C)C)C3)cccc1-c1cccc(-c2nc3c(o2)CNC3)c1C. The number of fused-ring (bicyclic) bond motifs is 2. The predicted molar refractivity (Wildman–Crippen MR) is 159 cm³/mol. The van der Waals surface area contributed by atoms with E-state index in [2.05, 4.69) is 34.7 Å². The molecule has 2 N–H and O–H groups in total. The number of benzene rings is 2. The van der Waals surface area contributed by atoms with Crippen LogP contribution in [0.4, 0.5) is 10.5 Å². The zero-order valence-electron chi connectivity index (χ0n) is 24.9. The fraction of sp³-hybridized carbons (Fsp3) is 0.375. The Kier molecular flexibility index (Phi) is 6.89. The second-order valence-corrected chi connectivity index (χ2v) is 11.9. The van der Waals surface area contributed by atoms with Gasteiger partial charge in [-0.25, -0.2) is 14.8 Å². The van der Waals surface area contributed by atoms with Crippen LogP contribution < -0.4 is 10.6 Å². The molecule has 6 rings (SSSR count). The molecule has 10 heteroatoms. The Balaban J connectivity index is 1.24. The summed E-state index contributed by atoms with van der Waals surface area (Å²) in [7, 11) is 1.84. The van der Waals surface area contributed by atoms with Gasteiger partial charge in [0.05, 0.1) is 24.5 Å². The molecular weight excluding hydrogens is 532 g/mol. The largest absolute Gasteiger partial charge is 0.444 e. The molecule has 2 aromatic heterocycles. The number of hydrogen-bond donors (Lipinski definition) is 2. The molecular formula is C32H36N6O4. The van der Waals surface area contributed by atoms with E-state index >= 15 is 0 Å². The van der Waals surface area contributed by atoms with Gasteiger partial charge in [0.25, 0.3) is 5.91 Å². The summed E-state index contributed by atoms with van der Waals surface area (Å²) < 4.78 is 13.4. The highest BCUT2D eigenvalue weighted by atomic mass is 16.6. The summed E-state index contributed by atoms with van der Waals surface area (Å²) in [5.74, 6) is 1.53. The van der Waals surface area contributed by atoms with E-state index in [4.69, 9.17) is 14.1 Å². The molecule has 42 heavy (non-hydrogen) atoms. The fourth-order valence-corrected chi connectivity index (χ4v) is 5.68. The Hall–Kier alpha value is -4.44. The van der Waals surface area contributed by atoms with Crippen LogP contribution in [0.25, 0.3) is 22.6 Å². The number of nitrogens with one attached hydrogen (secondary N) is 2. The summed E-state index contributed by atoms with van der Waals surface area (Å²) in [6.45, 7) is 11.8. The van der Waals surface area contributed by atoms with E-state index in [1.165, 1.54) is 0 Å². The van der Waals surface area contributed by atoms with Gasteiger partial charge in [0.15, 0.2) is 5.82 Å². The van der Waals surface area contributed by atoms with Crippen LogP contribution in [0.1, 0.15) is 65.4 Å². The lowest BCUT2D eigenvalue weighted by molar-refractivity contribution is 0.0220. The molecule has 10 nitrogen and oxygen atoms in total. The van der Waals surface area contributed by atoms with E-state index in [1.807, 2.05) is 63.6 Å². The van der Waals surface area contributed by atoms with Crippen molar-refractivity contribution < 1.29 is 18.7 Å². The molecule has 2 aliphatic rings. The third-order valence-electron chi connectivity index (χ3n) is 7.90. The highest BCUT2D eigenvalue weighted by molar-refractivity contribution is 6.03. The number of carbonyl (C=O) groups excluding carboxylic acids is 2. The van der Waals surface area contributed by atoms with Crippen molar-refractivity contribution in [1.82, 2.24) is 24.8 Å². The van der Waals surface area contributed by atoms with Crippen LogP contribution in [0.15, 0.2) is 40.8 Å². The van der Waals surface area contributed by atoms with Crippen molar-refractivity contribution in [3.05, 3.63) is 76.2 Å². The van der Waals surface area contributed by atoms with Crippen LogP contribution in [0, 0.1) is 13.8 Å². The number of rotatable bonds is 4. The molecule has 2 aromatic carbocycles. The summed E-state index contributed by atoms with van der Waals surface area (Å²) in [6, 6.07) is 12.0. The number of carbonyl (C=O) groups is 2. The molecule has 0 atom stereocenters. The number of oxazole rings is 1. The standard InChI is InChI=1S/C32H36N6O4/c1-18-20(9-7-11-22(18)30-36-24-15-33-16-27(24)41-30)21-10-8-12-23(19(21)2)35-29(39)28-34-25-17-38(14-13-26(25)37(28)6)31(40)42-32(3,4)5/h7-12,33H,13-17H2,1-6H3,(H,35,39). The van der Waals surface area contributed by atoms with Crippen molar-refractivity contribution in [1.29, 1.82) is 0 Å². The lowest BCUT2D eigenvalue weighted by Gasteiger charge is -2.29. The van der Waals surface area contributed by atoms with Gasteiger partial charge in [-0.2, -0.15) is 0 Å². The van der Waals surface area contributed by atoms with Crippen molar-refractivity contribution in [3.63, 3.8) is 0 Å². The molecule has 0 saturated heterocycles. The molecule has 0 bridgehead atoms. The van der Waals surface area contributed by atoms with Crippen LogP contribution >= 0.6 is 0 Å². The maximum atomic E-state index is 13.5. The number of aromatic nitrogens is 3. The van der Waals surface area contributed by atoms with E-state index in [-0.39, 0.29) is 12.0 Å². The first-order chi connectivity index (χ1) is 20.0. The fourth-order valence-electron chi connectivity index (χ4n) is 5.68. The second-order valence-electron chi connectivity index (χ2n) is 11.9. The molecule has 0 fully saturated rings. The molecule has 2 aliphatic heterocycles. The summed E-state index contributed by atoms with van der Waals surface area (Å²) >= 11 is 0. The van der Waals surface area contributed by atoms with Crippen molar-refractivity contribution in [2.75, 3.05) is 11.9 Å². The minimum Gasteiger partial charge on any atom is -0.444 e. The van der Waals surface area contributed by atoms with Crippen LogP contribution in [0.3, 0.4) is 0 Å². The first-order valence-electron chi connectivity index (χ1n) is 14.2. The van der Waals surface area contributed by atoms with Crippen molar-refractivity contribution in [2.24, 2.45) is 7.05 Å². The minimum absolute atomic E-state index is 0.302. The Morgan fingerprint density at radius 1 is 0.976 bits per heavy atom. The van der Waals surface area contributed by atoms with Crippen molar-refractivity contribution in [2.45, 2.75) is 66.3 Å². The van der Waals surface area contributed by atoms with Crippen LogP contribution in [-0.2, 0) is 37.8 Å². The first kappa shape index (κ1) is 27.7. The van der Waals surface area contributed by atoms with Gasteiger partial charge in [-0.1, -0.05) is 24.3 Å². The van der Waals surface area contributed by atoms with Crippen LogP contribution in [0.5, 0.6) is 0 Å². The van der Waals surface area contributed by atoms with Crippen LogP contribution in [-0.4, -0.2) is 43.6 Å². The summed E-state index contributed by atoms with van der Waals surface area (Å²) in [5.41, 5.74) is 7.78. The van der Waals surface area contributed by atoms with Gasteiger partial charge in [0.1, 0.15) is 11.4 Å². The quantitative estimate of drug-likeness (QED) is 0.334. The number of anilines is 1. The minimum atomic E-state index is -0.577. The topological polar surface area (TPSA) is 115 Å². The smallest absolute Gasteiger partial charge is 0.410 e. The first-order valence-corrected chi connectivity index (χ1v) is 14.2. The van der Waals surface area contributed by atoms with Crippen LogP contribution in [0.2, 0.25) is 0 Å². The third kappa shape index (κ3) is 5.07. The maximum absolute atomic E-state index is 13.5. The lowest BCUT2D eigenvalue weighted by Crippen LogP contribution is -2.40. The van der Waals surface area contributed by atoms with E-state index in [0.717, 1.165) is 51.5 Å². The zero-order chi connectivity index (χ0) is 29.8. The summed E-state index contributed by atoms with van der Waals surface area (Å²) in [4.78, 5) is 37.1. The molecule has 0 unspecified atom stereocenters.